The van der Waals surface area contributed by atoms with Gasteiger partial charge < -0.3 is 5.11 Å². The van der Waals surface area contributed by atoms with Gasteiger partial charge in [0.2, 0.25) is 0 Å². The third-order valence-corrected chi connectivity index (χ3v) is 4.26. The zero-order chi connectivity index (χ0) is 15.4. The average molecular weight is 272 g/mol. The van der Waals surface area contributed by atoms with Crippen LogP contribution in [0.5, 0.6) is 0 Å². The molecule has 0 aromatic rings. The molecule has 0 saturated heterocycles. The second-order valence-corrected chi connectivity index (χ2v) is 6.77. The van der Waals surface area contributed by atoms with Crippen LogP contribution in [-0.4, -0.2) is 46.2 Å². The first-order chi connectivity index (χ1) is 8.46. The first kappa shape index (κ1) is 18.4. The van der Waals surface area contributed by atoms with Gasteiger partial charge in [-0.1, -0.05) is 6.92 Å². The van der Waals surface area contributed by atoms with E-state index in [4.69, 9.17) is 0 Å². The van der Waals surface area contributed by atoms with Gasteiger partial charge in [0, 0.05) is 17.6 Å². The Morgan fingerprint density at radius 3 is 2.05 bits per heavy atom. The van der Waals surface area contributed by atoms with Gasteiger partial charge in [-0.2, -0.15) is 0 Å². The lowest BCUT2D eigenvalue weighted by atomic mass is 9.89. The van der Waals surface area contributed by atoms with E-state index >= 15 is 0 Å². The van der Waals surface area contributed by atoms with Crippen molar-refractivity contribution in [2.75, 3.05) is 7.05 Å². The second-order valence-electron chi connectivity index (χ2n) is 6.77. The highest BCUT2D eigenvalue weighted by Gasteiger charge is 2.37. The third-order valence-electron chi connectivity index (χ3n) is 4.26. The van der Waals surface area contributed by atoms with Crippen LogP contribution in [0.4, 0.5) is 0 Å². The van der Waals surface area contributed by atoms with E-state index in [1.54, 1.807) is 6.92 Å². The molecule has 0 aliphatic heterocycles. The highest BCUT2D eigenvalue weighted by Crippen LogP contribution is 2.24. The predicted octanol–water partition coefficient (Wildman–Crippen LogP) is 2.73. The molecule has 114 valence electrons. The summed E-state index contributed by atoms with van der Waals surface area (Å²) in [5.74, 6) is -0.782. The first-order valence-corrected chi connectivity index (χ1v) is 7.20. The number of nitrogens with zero attached hydrogens (tertiary/aromatic N) is 1. The van der Waals surface area contributed by atoms with E-state index in [1.165, 1.54) is 0 Å². The molecule has 0 rings (SSSR count). The van der Waals surface area contributed by atoms with Gasteiger partial charge in [0.05, 0.1) is 0 Å². The normalized spacial score (nSPS) is 17.6. The maximum atomic E-state index is 11.6. The topological polar surface area (TPSA) is 52.6 Å². The largest absolute Gasteiger partial charge is 0.480 e. The van der Waals surface area contributed by atoms with Crippen LogP contribution < -0.4 is 5.32 Å². The molecule has 0 amide bonds. The Morgan fingerprint density at radius 1 is 1.26 bits per heavy atom. The van der Waals surface area contributed by atoms with E-state index in [2.05, 4.69) is 45.0 Å². The molecule has 0 aromatic heterocycles. The molecule has 0 bridgehead atoms. The molecule has 2 N–H and O–H groups in total. The lowest BCUT2D eigenvalue weighted by Gasteiger charge is -2.42. The molecule has 0 aliphatic rings. The smallest absolute Gasteiger partial charge is 0.323 e. The third kappa shape index (κ3) is 5.11. The molecular formula is C15H32N2O2. The Bertz CT molecular complexity index is 303. The maximum Gasteiger partial charge on any atom is 0.323 e. The first-order valence-electron chi connectivity index (χ1n) is 7.20. The highest BCUT2D eigenvalue weighted by molar-refractivity contribution is 5.78. The fraction of sp³-hybridized carbons (Fsp3) is 0.933. The fourth-order valence-corrected chi connectivity index (χ4v) is 2.42. The molecule has 4 heteroatoms. The minimum Gasteiger partial charge on any atom is -0.480 e. The van der Waals surface area contributed by atoms with Crippen molar-refractivity contribution in [3.8, 4) is 0 Å². The average Bonchev–Trinajstić information content (AvgIpc) is 2.26. The predicted molar refractivity (Wildman–Crippen MR) is 80.5 cm³/mol. The molecule has 0 fully saturated rings. The van der Waals surface area contributed by atoms with Crippen LogP contribution >= 0.6 is 0 Å². The van der Waals surface area contributed by atoms with Crippen molar-refractivity contribution < 1.29 is 9.90 Å². The second kappa shape index (κ2) is 6.71. The van der Waals surface area contributed by atoms with Crippen molar-refractivity contribution in [3.05, 3.63) is 0 Å². The summed E-state index contributed by atoms with van der Waals surface area (Å²) in [6, 6.07) is 0.347. The number of rotatable bonds is 8. The molecule has 0 heterocycles. The van der Waals surface area contributed by atoms with E-state index in [0.29, 0.717) is 6.42 Å². The lowest BCUT2D eigenvalue weighted by molar-refractivity contribution is -0.145. The molecule has 0 aromatic carbocycles. The number of carboxylic acid groups (broad SMARTS) is 1. The van der Waals surface area contributed by atoms with Crippen LogP contribution in [0.3, 0.4) is 0 Å². The van der Waals surface area contributed by atoms with Gasteiger partial charge in [0.15, 0.2) is 0 Å². The standard InChI is InChI=1S/C15H32N2O2/c1-9-14(5,6)17(8)12(4)10-15(7,13(18)19)16-11(2)3/h11-12,16H,9-10H2,1-8H3,(H,18,19). The summed E-state index contributed by atoms with van der Waals surface area (Å²) in [4.78, 5) is 13.8. The number of hydrogen-bond donors (Lipinski definition) is 2. The SMILES string of the molecule is CCC(C)(C)N(C)C(C)CC(C)(NC(C)C)C(=O)O. The Morgan fingerprint density at radius 2 is 1.74 bits per heavy atom. The van der Waals surface area contributed by atoms with E-state index in [1.807, 2.05) is 13.8 Å². The van der Waals surface area contributed by atoms with Gasteiger partial charge in [-0.15, -0.1) is 0 Å². The monoisotopic (exact) mass is 272 g/mol. The van der Waals surface area contributed by atoms with E-state index < -0.39 is 11.5 Å². The number of aliphatic carboxylic acids is 1. The summed E-state index contributed by atoms with van der Waals surface area (Å²) < 4.78 is 0. The van der Waals surface area contributed by atoms with Crippen molar-refractivity contribution in [1.29, 1.82) is 0 Å². The summed E-state index contributed by atoms with van der Waals surface area (Å²) in [7, 11) is 2.08. The van der Waals surface area contributed by atoms with E-state index in [0.717, 1.165) is 6.42 Å². The molecule has 19 heavy (non-hydrogen) atoms. The molecule has 4 nitrogen and oxygen atoms in total. The molecular weight excluding hydrogens is 240 g/mol. The molecule has 2 unspecified atom stereocenters. The number of carbonyl (C=O) groups is 1. The zero-order valence-corrected chi connectivity index (χ0v) is 13.9. The van der Waals surface area contributed by atoms with Crippen LogP contribution in [0.25, 0.3) is 0 Å². The molecule has 2 atom stereocenters. The zero-order valence-electron chi connectivity index (χ0n) is 13.9. The van der Waals surface area contributed by atoms with Gasteiger partial charge in [0.25, 0.3) is 0 Å². The van der Waals surface area contributed by atoms with Crippen LogP contribution in [-0.2, 0) is 4.79 Å². The minimum absolute atomic E-state index is 0.0800. The Kier molecular flexibility index (Phi) is 6.49. The van der Waals surface area contributed by atoms with Crippen LogP contribution in [0, 0.1) is 0 Å². The maximum absolute atomic E-state index is 11.6. The highest BCUT2D eigenvalue weighted by atomic mass is 16.4. The molecule has 0 spiro atoms. The number of carboxylic acids is 1. The number of nitrogens with one attached hydrogen (secondary N) is 1. The van der Waals surface area contributed by atoms with Crippen LogP contribution in [0.2, 0.25) is 0 Å². The number of hydrogen-bond acceptors (Lipinski definition) is 3. The van der Waals surface area contributed by atoms with E-state index in [-0.39, 0.29) is 17.6 Å². The summed E-state index contributed by atoms with van der Waals surface area (Å²) in [6.45, 7) is 14.4. The molecule has 0 aliphatic carbocycles. The Hall–Kier alpha value is -0.610. The van der Waals surface area contributed by atoms with Crippen molar-refractivity contribution >= 4 is 5.97 Å². The quantitative estimate of drug-likeness (QED) is 0.713. The van der Waals surface area contributed by atoms with E-state index in [9.17, 15) is 9.90 Å². The molecule has 0 saturated carbocycles. The van der Waals surface area contributed by atoms with Crippen LogP contribution in [0.1, 0.15) is 61.3 Å². The van der Waals surface area contributed by atoms with Crippen molar-refractivity contribution in [3.63, 3.8) is 0 Å². The molecule has 0 radical (unpaired) electrons. The lowest BCUT2D eigenvalue weighted by Crippen LogP contribution is -2.57. The summed E-state index contributed by atoms with van der Waals surface area (Å²) >= 11 is 0. The van der Waals surface area contributed by atoms with Gasteiger partial charge in [-0.05, 0) is 61.4 Å². The fourth-order valence-electron chi connectivity index (χ4n) is 2.42. The summed E-state index contributed by atoms with van der Waals surface area (Å²) in [5, 5.41) is 12.7. The summed E-state index contributed by atoms with van der Waals surface area (Å²) in [5.41, 5.74) is -0.803. The van der Waals surface area contributed by atoms with Gasteiger partial charge in [0.1, 0.15) is 5.54 Å². The van der Waals surface area contributed by atoms with Crippen molar-refractivity contribution in [1.82, 2.24) is 10.2 Å². The van der Waals surface area contributed by atoms with Gasteiger partial charge in [-0.3, -0.25) is 15.0 Å². The Balaban J connectivity index is 4.92. The summed E-state index contributed by atoms with van der Waals surface area (Å²) in [6.07, 6.45) is 1.62. The Labute approximate surface area is 118 Å². The van der Waals surface area contributed by atoms with Crippen LogP contribution in [0.15, 0.2) is 0 Å². The minimum atomic E-state index is -0.883. The van der Waals surface area contributed by atoms with Gasteiger partial charge >= 0.3 is 5.97 Å². The van der Waals surface area contributed by atoms with Crippen molar-refractivity contribution in [2.45, 2.75) is 84.5 Å². The van der Waals surface area contributed by atoms with Gasteiger partial charge in [-0.25, -0.2) is 0 Å². The van der Waals surface area contributed by atoms with Crippen molar-refractivity contribution in [2.24, 2.45) is 0 Å².